The second-order valence-electron chi connectivity index (χ2n) is 4.50. The molecule has 2 heterocycles. The van der Waals surface area contributed by atoms with Crippen LogP contribution in [-0.2, 0) is 4.74 Å². The highest BCUT2D eigenvalue weighted by Gasteiger charge is 2.23. The molecule has 1 fully saturated rings. The second kappa shape index (κ2) is 5.64. The molecule has 5 nitrogen and oxygen atoms in total. The Morgan fingerprint density at radius 2 is 2.25 bits per heavy atom. The number of ether oxygens (including phenoxy) is 1. The van der Waals surface area contributed by atoms with E-state index in [1.165, 1.54) is 12.1 Å². The van der Waals surface area contributed by atoms with E-state index in [4.69, 9.17) is 17.0 Å². The number of nitrogens with one attached hydrogen (secondary N) is 1. The van der Waals surface area contributed by atoms with Gasteiger partial charge in [-0.3, -0.25) is 5.10 Å². The van der Waals surface area contributed by atoms with Crippen LogP contribution in [0.3, 0.4) is 0 Å². The Labute approximate surface area is 120 Å². The van der Waals surface area contributed by atoms with Gasteiger partial charge in [0.2, 0.25) is 4.77 Å². The number of rotatable bonds is 3. The minimum absolute atomic E-state index is 0.0756. The van der Waals surface area contributed by atoms with Crippen LogP contribution in [0, 0.1) is 10.6 Å². The zero-order chi connectivity index (χ0) is 13.9. The van der Waals surface area contributed by atoms with Crippen molar-refractivity contribution < 1.29 is 9.13 Å². The molecular weight excluding hydrogens is 279 g/mol. The summed E-state index contributed by atoms with van der Waals surface area (Å²) in [7, 11) is 0. The summed E-state index contributed by atoms with van der Waals surface area (Å²) in [5.74, 6) is 0.396. The van der Waals surface area contributed by atoms with Crippen LogP contribution < -0.4 is 0 Å². The minimum atomic E-state index is -0.276. The van der Waals surface area contributed by atoms with Gasteiger partial charge in [-0.05, 0) is 42.8 Å². The van der Waals surface area contributed by atoms with Crippen LogP contribution in [-0.4, -0.2) is 27.7 Å². The molecule has 1 N–H and O–H groups in total. The number of H-pyrrole nitrogens is 1. The van der Waals surface area contributed by atoms with Gasteiger partial charge in [0.15, 0.2) is 5.82 Å². The first-order chi connectivity index (χ1) is 9.74. The lowest BCUT2D eigenvalue weighted by Gasteiger charge is -2.07. The van der Waals surface area contributed by atoms with Crippen molar-refractivity contribution in [2.24, 2.45) is 5.10 Å². The molecule has 0 aliphatic carbocycles. The topological polar surface area (TPSA) is 55.2 Å². The third kappa shape index (κ3) is 2.68. The zero-order valence-corrected chi connectivity index (χ0v) is 11.4. The van der Waals surface area contributed by atoms with Crippen LogP contribution >= 0.6 is 12.2 Å². The Morgan fingerprint density at radius 1 is 1.45 bits per heavy atom. The van der Waals surface area contributed by atoms with Crippen molar-refractivity contribution in [3.05, 3.63) is 46.2 Å². The Hall–Kier alpha value is -1.86. The molecule has 1 saturated heterocycles. The summed E-state index contributed by atoms with van der Waals surface area (Å²) >= 11 is 5.16. The number of aromatic amines is 1. The molecule has 0 spiro atoms. The summed E-state index contributed by atoms with van der Waals surface area (Å²) < 4.78 is 20.4. The monoisotopic (exact) mass is 292 g/mol. The van der Waals surface area contributed by atoms with Crippen molar-refractivity contribution in [2.45, 2.75) is 18.9 Å². The molecule has 1 aromatic carbocycles. The van der Waals surface area contributed by atoms with E-state index in [2.05, 4.69) is 15.3 Å². The Balaban J connectivity index is 1.88. The molecule has 2 aromatic rings. The van der Waals surface area contributed by atoms with Gasteiger partial charge in [-0.15, -0.1) is 0 Å². The highest BCUT2D eigenvalue weighted by atomic mass is 32.1. The summed E-state index contributed by atoms with van der Waals surface area (Å²) in [6.07, 6.45) is 3.45. The lowest BCUT2D eigenvalue weighted by atomic mass is 10.2. The van der Waals surface area contributed by atoms with Gasteiger partial charge >= 0.3 is 0 Å². The molecule has 0 radical (unpaired) electrons. The van der Waals surface area contributed by atoms with Gasteiger partial charge in [0, 0.05) is 6.61 Å². The van der Waals surface area contributed by atoms with E-state index in [1.54, 1.807) is 23.0 Å². The van der Waals surface area contributed by atoms with Crippen molar-refractivity contribution in [2.75, 3.05) is 6.61 Å². The van der Waals surface area contributed by atoms with Crippen LogP contribution in [0.25, 0.3) is 0 Å². The molecule has 104 valence electrons. The minimum Gasteiger partial charge on any atom is -0.370 e. The maximum atomic E-state index is 12.8. The van der Waals surface area contributed by atoms with Crippen molar-refractivity contribution in [3.8, 4) is 0 Å². The predicted molar refractivity (Wildman–Crippen MR) is 74.7 cm³/mol. The Kier molecular flexibility index (Phi) is 3.70. The van der Waals surface area contributed by atoms with Crippen molar-refractivity contribution >= 4 is 18.4 Å². The third-order valence-electron chi connectivity index (χ3n) is 3.09. The van der Waals surface area contributed by atoms with E-state index in [0.29, 0.717) is 10.6 Å². The predicted octanol–water partition coefficient (Wildman–Crippen LogP) is 2.81. The van der Waals surface area contributed by atoms with E-state index in [9.17, 15) is 4.39 Å². The quantitative estimate of drug-likeness (QED) is 0.699. The van der Waals surface area contributed by atoms with Gasteiger partial charge < -0.3 is 4.74 Å². The Morgan fingerprint density at radius 3 is 2.95 bits per heavy atom. The lowest BCUT2D eigenvalue weighted by Crippen LogP contribution is -2.05. The van der Waals surface area contributed by atoms with Crippen LogP contribution in [0.5, 0.6) is 0 Å². The Bertz CT molecular complexity index is 670. The molecule has 0 unspecified atom stereocenters. The molecule has 0 bridgehead atoms. The molecule has 7 heteroatoms. The highest BCUT2D eigenvalue weighted by molar-refractivity contribution is 7.71. The fourth-order valence-electron chi connectivity index (χ4n) is 2.08. The van der Waals surface area contributed by atoms with Crippen LogP contribution in [0.4, 0.5) is 4.39 Å². The lowest BCUT2D eigenvalue weighted by molar-refractivity contribution is 0.102. The largest absolute Gasteiger partial charge is 0.370 e. The van der Waals surface area contributed by atoms with Crippen LogP contribution in [0.1, 0.15) is 30.3 Å². The number of benzene rings is 1. The summed E-state index contributed by atoms with van der Waals surface area (Å²) in [6.45, 7) is 0.728. The SMILES string of the molecule is Fc1ccc(/C=N\n2c([C@@H]3CCCO3)n[nH]c2=S)cc1. The molecule has 1 atom stereocenters. The molecule has 1 aliphatic rings. The van der Waals surface area contributed by atoms with Crippen molar-refractivity contribution in [1.82, 2.24) is 14.9 Å². The van der Waals surface area contributed by atoms with E-state index < -0.39 is 0 Å². The normalized spacial score (nSPS) is 18.9. The molecule has 3 rings (SSSR count). The average Bonchev–Trinajstić information content (AvgIpc) is 3.08. The first-order valence-corrected chi connectivity index (χ1v) is 6.74. The van der Waals surface area contributed by atoms with E-state index in [1.807, 2.05) is 0 Å². The van der Waals surface area contributed by atoms with E-state index >= 15 is 0 Å². The van der Waals surface area contributed by atoms with Crippen LogP contribution in [0.2, 0.25) is 0 Å². The standard InChI is InChI=1S/C13H13FN4OS/c14-10-5-3-9(4-6-10)8-15-18-12(16-17-13(18)20)11-2-1-7-19-11/h3-6,8,11H,1-2,7H2,(H,17,20)/b15-8-/t11-/m0/s1. The third-order valence-corrected chi connectivity index (χ3v) is 3.35. The number of halogens is 1. The smallest absolute Gasteiger partial charge is 0.216 e. The van der Waals surface area contributed by atoms with Crippen molar-refractivity contribution in [3.63, 3.8) is 0 Å². The van der Waals surface area contributed by atoms with Crippen LogP contribution in [0.15, 0.2) is 29.4 Å². The summed E-state index contributed by atoms with van der Waals surface area (Å²) in [5.41, 5.74) is 0.785. The summed E-state index contributed by atoms with van der Waals surface area (Å²) in [6, 6.07) is 6.07. The highest BCUT2D eigenvalue weighted by Crippen LogP contribution is 2.26. The van der Waals surface area contributed by atoms with Gasteiger partial charge in [-0.25, -0.2) is 4.39 Å². The maximum absolute atomic E-state index is 12.8. The second-order valence-corrected chi connectivity index (χ2v) is 4.88. The number of nitrogens with zero attached hydrogens (tertiary/aromatic N) is 3. The number of hydrogen-bond acceptors (Lipinski definition) is 4. The fourth-order valence-corrected chi connectivity index (χ4v) is 2.26. The van der Waals surface area contributed by atoms with E-state index in [-0.39, 0.29) is 11.9 Å². The fraction of sp³-hybridized carbons (Fsp3) is 0.308. The van der Waals surface area contributed by atoms with Gasteiger partial charge in [-0.2, -0.15) is 14.9 Å². The first-order valence-electron chi connectivity index (χ1n) is 6.33. The molecule has 0 saturated carbocycles. The number of hydrogen-bond donors (Lipinski definition) is 1. The maximum Gasteiger partial charge on any atom is 0.216 e. The molecule has 1 aromatic heterocycles. The zero-order valence-electron chi connectivity index (χ0n) is 10.6. The van der Waals surface area contributed by atoms with Gasteiger partial charge in [0.1, 0.15) is 11.9 Å². The average molecular weight is 292 g/mol. The van der Waals surface area contributed by atoms with Gasteiger partial charge in [0.25, 0.3) is 0 Å². The molecule has 20 heavy (non-hydrogen) atoms. The summed E-state index contributed by atoms with van der Waals surface area (Å²) in [5, 5.41) is 11.2. The summed E-state index contributed by atoms with van der Waals surface area (Å²) in [4.78, 5) is 0. The number of aromatic nitrogens is 3. The van der Waals surface area contributed by atoms with Gasteiger partial charge in [0.05, 0.1) is 6.21 Å². The first kappa shape index (κ1) is 13.1. The van der Waals surface area contributed by atoms with Gasteiger partial charge in [-0.1, -0.05) is 12.1 Å². The molecular formula is C13H13FN4OS. The molecule has 0 amide bonds. The van der Waals surface area contributed by atoms with Crippen molar-refractivity contribution in [1.29, 1.82) is 0 Å². The molecule has 1 aliphatic heterocycles. The van der Waals surface area contributed by atoms with E-state index in [0.717, 1.165) is 25.0 Å².